The molecule has 2 fully saturated rings. The van der Waals surface area contributed by atoms with Crippen LogP contribution in [0.1, 0.15) is 75.9 Å². The van der Waals surface area contributed by atoms with Gasteiger partial charge in [0.25, 0.3) is 0 Å². The van der Waals surface area contributed by atoms with Gasteiger partial charge in [0.2, 0.25) is 6.29 Å². The highest BCUT2D eigenvalue weighted by atomic mass is 33.1. The lowest BCUT2D eigenvalue weighted by molar-refractivity contribution is -0.354. The molecule has 6 aliphatic rings. The maximum absolute atomic E-state index is 15.7. The first-order valence-electron chi connectivity index (χ1n) is 20.8. The lowest BCUT2D eigenvalue weighted by Crippen LogP contribution is -2.78. The number of fused-ring (bicyclic) bond motifs is 6. The molecule has 8 N–H and O–H groups in total. The number of aromatic nitrogens is 1. The fraction of sp³-hybridized carbons (Fsp3) is 0.457. The summed E-state index contributed by atoms with van der Waals surface area (Å²) in [5.41, 5.74) is -4.03. The molecule has 2 spiro atoms. The molecular weight excluding hydrogens is 821 g/mol. The predicted octanol–water partition coefficient (Wildman–Crippen LogP) is 4.70. The molecule has 15 heteroatoms. The highest BCUT2D eigenvalue weighted by Gasteiger charge is 2.70. The second-order valence-electron chi connectivity index (χ2n) is 17.1. The summed E-state index contributed by atoms with van der Waals surface area (Å²) in [7, 11) is 2.72. The first kappa shape index (κ1) is 42.3. The van der Waals surface area contributed by atoms with Crippen molar-refractivity contribution in [1.82, 2.24) is 4.98 Å². The molecule has 4 aliphatic carbocycles. The van der Waals surface area contributed by atoms with Crippen LogP contribution in [0.3, 0.4) is 0 Å². The van der Waals surface area contributed by atoms with E-state index in [4.69, 9.17) is 9.47 Å². The lowest BCUT2D eigenvalue weighted by Gasteiger charge is -2.60. The summed E-state index contributed by atoms with van der Waals surface area (Å²) >= 11 is 0. The van der Waals surface area contributed by atoms with Crippen LogP contribution in [0.5, 0.6) is 5.75 Å². The third-order valence-electron chi connectivity index (χ3n) is 14.0. The van der Waals surface area contributed by atoms with Crippen molar-refractivity contribution >= 4 is 39.0 Å². The van der Waals surface area contributed by atoms with E-state index in [1.54, 1.807) is 30.5 Å². The van der Waals surface area contributed by atoms with E-state index in [1.807, 2.05) is 30.3 Å². The van der Waals surface area contributed by atoms with E-state index >= 15 is 9.59 Å². The Morgan fingerprint density at radius 3 is 2.54 bits per heavy atom. The van der Waals surface area contributed by atoms with Crippen LogP contribution >= 0.6 is 21.6 Å². The zero-order valence-electron chi connectivity index (χ0n) is 33.4. The first-order valence-corrected chi connectivity index (χ1v) is 23.2. The molecule has 61 heavy (non-hydrogen) atoms. The molecule has 7 bridgehead atoms. The smallest absolute Gasteiger partial charge is 0.230 e. The van der Waals surface area contributed by atoms with E-state index in [9.17, 15) is 35.7 Å². The van der Waals surface area contributed by atoms with E-state index in [0.717, 1.165) is 24.0 Å². The quantitative estimate of drug-likeness (QED) is 0.119. The number of hydrogen-bond acceptors (Lipinski definition) is 15. The van der Waals surface area contributed by atoms with Crippen LogP contribution in [0.15, 0.2) is 96.4 Å². The fourth-order valence-electron chi connectivity index (χ4n) is 11.0. The van der Waals surface area contributed by atoms with Gasteiger partial charge in [-0.2, -0.15) is 0 Å². The molecule has 3 heterocycles. The maximum atomic E-state index is 15.7. The van der Waals surface area contributed by atoms with E-state index in [2.05, 4.69) is 10.3 Å². The van der Waals surface area contributed by atoms with Crippen molar-refractivity contribution in [2.45, 2.75) is 91.9 Å². The van der Waals surface area contributed by atoms with Gasteiger partial charge in [0.1, 0.15) is 46.2 Å². The zero-order valence-corrected chi connectivity index (χ0v) is 35.0. The van der Waals surface area contributed by atoms with Gasteiger partial charge < -0.3 is 50.5 Å². The highest BCUT2D eigenvalue weighted by molar-refractivity contribution is 8.77. The second-order valence-corrected chi connectivity index (χ2v) is 19.7. The maximum Gasteiger partial charge on any atom is 0.230 e. The second kappa shape index (κ2) is 16.3. The lowest BCUT2D eigenvalue weighted by atomic mass is 9.55. The third-order valence-corrected chi connectivity index (χ3v) is 16.7. The summed E-state index contributed by atoms with van der Waals surface area (Å²) in [4.78, 5) is 35.4. The number of aliphatic hydroxyl groups is 7. The Morgan fingerprint density at radius 2 is 1.77 bits per heavy atom. The standard InChI is InChI=1S/C46H50N2O11S2/c49-17-5-10-35-45-31(20-28(21-34(45)52)19-26-6-3-7-27(18-26)23-50)38(53)30-8-4-9-32(37(30)39(45)54)58-41-40(55)46(57)33(11-15-44(24-51,59-41)42(46)56)43(13-1-2-14-43)29-12-16-47-36(22-29)48-25-60-61-35/h3-4,6-9,11-12,15-16,18,20-22,31,33,35,40-42,49-52,55-57H,1-2,5,10,13-14,17,19,23-25H2,(H,47,48)/t31-,33+,35+,40+,41-,42-,44-,45+,46-/m1/s1. The molecule has 1 aromatic heterocycles. The number of nitrogens with zero attached hydrogens (tertiary/aromatic N) is 1. The number of aliphatic hydroxyl groups excluding tert-OH is 6. The molecule has 9 atom stereocenters. The molecule has 9 rings (SSSR count). The normalized spacial score (nSPS) is 33.8. The van der Waals surface area contributed by atoms with E-state index in [-0.39, 0.29) is 48.7 Å². The van der Waals surface area contributed by atoms with Crippen LogP contribution in [-0.2, 0) is 23.2 Å². The minimum absolute atomic E-state index is 0.0266. The topological polar surface area (TPSA) is 219 Å². The summed E-state index contributed by atoms with van der Waals surface area (Å²) in [5.74, 6) is -2.77. The van der Waals surface area contributed by atoms with Crippen molar-refractivity contribution < 1.29 is 54.8 Å². The van der Waals surface area contributed by atoms with Gasteiger partial charge in [-0.3, -0.25) is 9.59 Å². The minimum Gasteiger partial charge on any atom is -0.511 e. The summed E-state index contributed by atoms with van der Waals surface area (Å²) in [6.45, 7) is -1.14. The molecule has 1 saturated carbocycles. The van der Waals surface area contributed by atoms with Crippen LogP contribution in [0, 0.1) is 17.3 Å². The van der Waals surface area contributed by atoms with Gasteiger partial charge >= 0.3 is 0 Å². The number of carbonyl (C=O) groups is 2. The highest BCUT2D eigenvalue weighted by Crippen LogP contribution is 2.60. The molecule has 3 aromatic rings. The van der Waals surface area contributed by atoms with Crippen molar-refractivity contribution in [3.05, 3.63) is 124 Å². The minimum atomic E-state index is -2.34. The molecule has 2 aromatic carbocycles. The van der Waals surface area contributed by atoms with Gasteiger partial charge in [0, 0.05) is 35.0 Å². The average molecular weight is 871 g/mol. The van der Waals surface area contributed by atoms with Crippen LogP contribution in [0.2, 0.25) is 0 Å². The Balaban J connectivity index is 1.22. The number of ketones is 2. The summed E-state index contributed by atoms with van der Waals surface area (Å²) in [6.07, 6.45) is 6.40. The zero-order chi connectivity index (χ0) is 42.7. The van der Waals surface area contributed by atoms with Crippen LogP contribution < -0.4 is 10.1 Å². The number of nitrogens with one attached hydrogen (secondary N) is 1. The van der Waals surface area contributed by atoms with E-state index < -0.39 is 75.8 Å². The summed E-state index contributed by atoms with van der Waals surface area (Å²) in [5, 5.41) is 83.1. The molecule has 0 radical (unpaired) electrons. The van der Waals surface area contributed by atoms with E-state index in [1.165, 1.54) is 45.9 Å². The van der Waals surface area contributed by atoms with Gasteiger partial charge in [0.05, 0.1) is 30.6 Å². The molecule has 1 saturated heterocycles. The van der Waals surface area contributed by atoms with Crippen molar-refractivity contribution in [2.24, 2.45) is 17.3 Å². The number of Topliss-reactive ketones (excluding diaryl/α,β-unsaturated/α-hetero) is 2. The van der Waals surface area contributed by atoms with Gasteiger partial charge in [-0.15, -0.1) is 0 Å². The van der Waals surface area contributed by atoms with Crippen molar-refractivity contribution in [3.8, 4) is 5.75 Å². The van der Waals surface area contributed by atoms with Crippen LogP contribution in [0.4, 0.5) is 5.82 Å². The number of carbonyl (C=O) groups excluding carboxylic acids is 2. The first-order chi connectivity index (χ1) is 29.5. The van der Waals surface area contributed by atoms with Crippen molar-refractivity contribution in [1.29, 1.82) is 0 Å². The SMILES string of the molecule is O=C1c2cccc3c2C(=O)[C@@]2(C(O)=CC(Cc4cccc(CO)c4)=C[C@H]12)[C@H](CCCO)SSCNc1cc(ccn1)C1(CCCC1)[C@@H]1C=C[C@]2(CO)O[C@@H](O3)[C@H](O)[C@@]1(O)[C@@H]2O. The molecule has 0 unspecified atom stereocenters. The monoisotopic (exact) mass is 870 g/mol. The van der Waals surface area contributed by atoms with Crippen molar-refractivity contribution in [3.63, 3.8) is 0 Å². The summed E-state index contributed by atoms with van der Waals surface area (Å²) in [6, 6.07) is 15.6. The number of anilines is 1. The Hall–Kier alpha value is -4.03. The molecule has 0 amide bonds. The molecule has 322 valence electrons. The number of benzene rings is 2. The average Bonchev–Trinajstić information content (AvgIpc) is 3.77. The largest absolute Gasteiger partial charge is 0.511 e. The Labute approximate surface area is 361 Å². The van der Waals surface area contributed by atoms with Crippen LogP contribution in [-0.4, -0.2) is 106 Å². The number of ether oxygens (including phenoxy) is 2. The number of rotatable bonds is 7. The fourth-order valence-corrected chi connectivity index (χ4v) is 13.9. The van der Waals surface area contributed by atoms with Gasteiger partial charge in [0.15, 0.2) is 11.6 Å². The van der Waals surface area contributed by atoms with Crippen molar-refractivity contribution in [2.75, 3.05) is 24.4 Å². The van der Waals surface area contributed by atoms with E-state index in [0.29, 0.717) is 42.1 Å². The van der Waals surface area contributed by atoms with Gasteiger partial charge in [-0.25, -0.2) is 4.98 Å². The summed E-state index contributed by atoms with van der Waals surface area (Å²) < 4.78 is 12.7. The number of hydrogen-bond donors (Lipinski definition) is 8. The Kier molecular flexibility index (Phi) is 11.3. The van der Waals surface area contributed by atoms with Crippen LogP contribution in [0.25, 0.3) is 0 Å². The molecule has 2 aliphatic heterocycles. The van der Waals surface area contributed by atoms with Gasteiger partial charge in [-0.1, -0.05) is 89.1 Å². The molecule has 13 nitrogen and oxygen atoms in total. The number of pyridine rings is 1. The predicted molar refractivity (Wildman–Crippen MR) is 229 cm³/mol. The Morgan fingerprint density at radius 1 is 0.984 bits per heavy atom. The number of allylic oxidation sites excluding steroid dienone is 4. The molecular formula is C46H50N2O11S2. The van der Waals surface area contributed by atoms with Gasteiger partial charge in [-0.05, 0) is 78.6 Å². The third kappa shape index (κ3) is 6.53. The Bertz CT molecular complexity index is 2310.